The van der Waals surface area contributed by atoms with E-state index in [0.717, 1.165) is 27.8 Å². The third kappa shape index (κ3) is 3.32. The molecule has 5 heteroatoms. The van der Waals surface area contributed by atoms with Crippen molar-refractivity contribution in [1.82, 2.24) is 4.90 Å². The van der Waals surface area contributed by atoms with Crippen LogP contribution in [-0.4, -0.2) is 34.3 Å². The lowest BCUT2D eigenvalue weighted by Gasteiger charge is -2.27. The third-order valence-corrected chi connectivity index (χ3v) is 5.37. The van der Waals surface area contributed by atoms with E-state index in [4.69, 9.17) is 5.73 Å². The molecule has 0 heterocycles. The molecule has 142 valence electrons. The van der Waals surface area contributed by atoms with Crippen LogP contribution >= 0.6 is 0 Å². The van der Waals surface area contributed by atoms with Gasteiger partial charge in [0.15, 0.2) is 0 Å². The van der Waals surface area contributed by atoms with Crippen LogP contribution in [0.25, 0.3) is 11.1 Å². The number of carbonyl (C=O) groups is 1. The first-order chi connectivity index (χ1) is 13.5. The van der Waals surface area contributed by atoms with E-state index < -0.39 is 12.1 Å². The molecule has 0 saturated carbocycles. The molecule has 4 N–H and O–H groups in total. The number of phenolic OH excluding ortho intramolecular Hbond substituents is 1. The van der Waals surface area contributed by atoms with E-state index in [9.17, 15) is 15.0 Å². The Balaban J connectivity index is 1.60. The van der Waals surface area contributed by atoms with Gasteiger partial charge in [0.25, 0.3) is 0 Å². The molecule has 0 spiro atoms. The second-order valence-electron chi connectivity index (χ2n) is 7.11. The number of fused-ring (bicyclic) bond motifs is 3. The van der Waals surface area contributed by atoms with Gasteiger partial charge in [-0.3, -0.25) is 0 Å². The van der Waals surface area contributed by atoms with Gasteiger partial charge in [-0.25, -0.2) is 4.79 Å². The number of hydrogen-bond donors (Lipinski definition) is 3. The number of aromatic hydroxyl groups is 1. The number of hydrogen-bond acceptors (Lipinski definition) is 3. The van der Waals surface area contributed by atoms with Gasteiger partial charge in [0.2, 0.25) is 0 Å². The molecule has 3 aromatic carbocycles. The molecule has 1 atom stereocenters. The van der Waals surface area contributed by atoms with Gasteiger partial charge < -0.3 is 20.8 Å². The van der Waals surface area contributed by atoms with Crippen LogP contribution in [0.2, 0.25) is 0 Å². The minimum absolute atomic E-state index is 0.0180. The molecular formula is C23H22N2O3. The number of rotatable bonds is 5. The quantitative estimate of drug-likeness (QED) is 0.625. The zero-order valence-corrected chi connectivity index (χ0v) is 15.3. The van der Waals surface area contributed by atoms with Gasteiger partial charge in [-0.15, -0.1) is 0 Å². The second kappa shape index (κ2) is 7.37. The summed E-state index contributed by atoms with van der Waals surface area (Å²) in [6, 6.07) is 22.4. The molecule has 5 nitrogen and oxygen atoms in total. The van der Waals surface area contributed by atoms with Crippen LogP contribution in [0.5, 0.6) is 5.75 Å². The Morgan fingerprint density at radius 3 is 2.00 bits per heavy atom. The molecule has 28 heavy (non-hydrogen) atoms. The summed E-state index contributed by atoms with van der Waals surface area (Å²) in [6.07, 6.45) is -0.990. The van der Waals surface area contributed by atoms with E-state index in [-0.39, 0.29) is 18.2 Å². The molecule has 0 aliphatic heterocycles. The Morgan fingerprint density at radius 1 is 0.929 bits per heavy atom. The van der Waals surface area contributed by atoms with E-state index in [2.05, 4.69) is 24.3 Å². The molecule has 1 aliphatic rings. The lowest BCUT2D eigenvalue weighted by molar-refractivity contribution is 0.140. The van der Waals surface area contributed by atoms with E-state index in [1.165, 1.54) is 4.90 Å². The monoisotopic (exact) mass is 374 g/mol. The highest BCUT2D eigenvalue weighted by Crippen LogP contribution is 2.44. The Kier molecular flexibility index (Phi) is 4.75. The molecule has 0 fully saturated rings. The number of carboxylic acid groups (broad SMARTS) is 1. The van der Waals surface area contributed by atoms with Gasteiger partial charge in [0.1, 0.15) is 5.75 Å². The molecule has 3 aromatic rings. The van der Waals surface area contributed by atoms with Crippen molar-refractivity contribution in [3.63, 3.8) is 0 Å². The van der Waals surface area contributed by atoms with Gasteiger partial charge in [-0.05, 0) is 39.9 Å². The van der Waals surface area contributed by atoms with Crippen LogP contribution in [0, 0.1) is 0 Å². The van der Waals surface area contributed by atoms with Crippen molar-refractivity contribution in [2.24, 2.45) is 5.73 Å². The fourth-order valence-corrected chi connectivity index (χ4v) is 3.97. The summed E-state index contributed by atoms with van der Waals surface area (Å²) >= 11 is 0. The van der Waals surface area contributed by atoms with E-state index in [1.54, 1.807) is 24.3 Å². The summed E-state index contributed by atoms with van der Waals surface area (Å²) in [6.45, 7) is 0.524. The zero-order chi connectivity index (χ0) is 19.7. The Morgan fingerprint density at radius 2 is 1.46 bits per heavy atom. The molecule has 0 aromatic heterocycles. The number of nitrogens with zero attached hydrogens (tertiary/aromatic N) is 1. The van der Waals surface area contributed by atoms with Crippen molar-refractivity contribution in [2.75, 3.05) is 13.1 Å². The standard InChI is InChI=1S/C23H22N2O3/c24-22(15-9-11-16(26)12-10-15)14-25(23(27)28)13-21-19-7-3-1-5-17(19)18-6-2-4-8-20(18)21/h1-12,21-22,26H,13-14,24H2,(H,27,28)/t22-/m1/s1. The van der Waals surface area contributed by atoms with E-state index in [1.807, 2.05) is 24.3 Å². The summed E-state index contributed by atoms with van der Waals surface area (Å²) in [5, 5.41) is 19.2. The van der Waals surface area contributed by atoms with Gasteiger partial charge in [-0.2, -0.15) is 0 Å². The number of amides is 1. The van der Waals surface area contributed by atoms with Gasteiger partial charge >= 0.3 is 6.09 Å². The van der Waals surface area contributed by atoms with E-state index >= 15 is 0 Å². The van der Waals surface area contributed by atoms with Crippen molar-refractivity contribution < 1.29 is 15.0 Å². The van der Waals surface area contributed by atoms with Crippen LogP contribution in [0.1, 0.15) is 28.7 Å². The lowest BCUT2D eigenvalue weighted by Crippen LogP contribution is -2.38. The largest absolute Gasteiger partial charge is 0.508 e. The summed E-state index contributed by atoms with van der Waals surface area (Å²) in [5.41, 5.74) is 11.7. The first-order valence-corrected chi connectivity index (χ1v) is 9.25. The molecule has 0 unspecified atom stereocenters. The Labute approximate surface area is 163 Å². The van der Waals surface area contributed by atoms with Gasteiger partial charge in [0.05, 0.1) is 0 Å². The van der Waals surface area contributed by atoms with Crippen LogP contribution in [-0.2, 0) is 0 Å². The predicted octanol–water partition coefficient (Wildman–Crippen LogP) is 4.18. The highest BCUT2D eigenvalue weighted by molar-refractivity contribution is 5.79. The van der Waals surface area contributed by atoms with Crippen LogP contribution < -0.4 is 5.73 Å². The van der Waals surface area contributed by atoms with Crippen molar-refractivity contribution in [3.05, 3.63) is 89.5 Å². The van der Waals surface area contributed by atoms with Crippen LogP contribution in [0.3, 0.4) is 0 Å². The molecular weight excluding hydrogens is 352 g/mol. The molecule has 1 aliphatic carbocycles. The van der Waals surface area contributed by atoms with Crippen LogP contribution in [0.15, 0.2) is 72.8 Å². The summed E-state index contributed by atoms with van der Waals surface area (Å²) in [7, 11) is 0. The minimum Gasteiger partial charge on any atom is -0.508 e. The highest BCUT2D eigenvalue weighted by atomic mass is 16.4. The minimum atomic E-state index is -0.990. The number of nitrogens with two attached hydrogens (primary N) is 1. The number of benzene rings is 3. The van der Waals surface area contributed by atoms with Crippen molar-refractivity contribution >= 4 is 6.09 Å². The number of phenols is 1. The first kappa shape index (κ1) is 18.1. The van der Waals surface area contributed by atoms with Crippen LogP contribution in [0.4, 0.5) is 4.79 Å². The average molecular weight is 374 g/mol. The SMILES string of the molecule is N[C@H](CN(CC1c2ccccc2-c2ccccc21)C(=O)O)c1ccc(O)cc1. The van der Waals surface area contributed by atoms with Gasteiger partial charge in [0, 0.05) is 25.0 Å². The average Bonchev–Trinajstić information content (AvgIpc) is 3.02. The van der Waals surface area contributed by atoms with Crippen molar-refractivity contribution in [1.29, 1.82) is 0 Å². The van der Waals surface area contributed by atoms with E-state index in [0.29, 0.717) is 6.54 Å². The normalized spacial score (nSPS) is 13.6. The second-order valence-corrected chi connectivity index (χ2v) is 7.11. The maximum absolute atomic E-state index is 12.0. The topological polar surface area (TPSA) is 86.8 Å². The summed E-state index contributed by atoms with van der Waals surface area (Å²) < 4.78 is 0. The molecule has 4 rings (SSSR count). The summed E-state index contributed by atoms with van der Waals surface area (Å²) in [4.78, 5) is 13.4. The fraction of sp³-hybridized carbons (Fsp3) is 0.174. The maximum atomic E-state index is 12.0. The fourth-order valence-electron chi connectivity index (χ4n) is 3.97. The molecule has 0 bridgehead atoms. The molecule has 1 amide bonds. The maximum Gasteiger partial charge on any atom is 0.407 e. The third-order valence-electron chi connectivity index (χ3n) is 5.37. The molecule has 0 radical (unpaired) electrons. The van der Waals surface area contributed by atoms with Crippen molar-refractivity contribution in [2.45, 2.75) is 12.0 Å². The predicted molar refractivity (Wildman–Crippen MR) is 108 cm³/mol. The zero-order valence-electron chi connectivity index (χ0n) is 15.3. The Hall–Kier alpha value is -3.31. The Bertz CT molecular complexity index is 955. The molecule has 0 saturated heterocycles. The van der Waals surface area contributed by atoms with Crippen molar-refractivity contribution in [3.8, 4) is 16.9 Å². The van der Waals surface area contributed by atoms with Gasteiger partial charge in [-0.1, -0.05) is 60.7 Å². The first-order valence-electron chi connectivity index (χ1n) is 9.25. The summed E-state index contributed by atoms with van der Waals surface area (Å²) in [5.74, 6) is 0.140. The smallest absolute Gasteiger partial charge is 0.407 e. The lowest BCUT2D eigenvalue weighted by atomic mass is 9.96. The highest BCUT2D eigenvalue weighted by Gasteiger charge is 2.31.